The molecule has 1 saturated carbocycles. The summed E-state index contributed by atoms with van der Waals surface area (Å²) in [4.78, 5) is 45.1. The predicted octanol–water partition coefficient (Wildman–Crippen LogP) is -1.55. The van der Waals surface area contributed by atoms with Crippen LogP contribution in [0.25, 0.3) is 0 Å². The van der Waals surface area contributed by atoms with E-state index in [2.05, 4.69) is 0 Å². The van der Waals surface area contributed by atoms with Crippen LogP contribution in [-0.4, -0.2) is 70.7 Å². The lowest BCUT2D eigenvalue weighted by Crippen LogP contribution is -2.67. The molecule has 24 heavy (non-hydrogen) atoms. The van der Waals surface area contributed by atoms with Crippen molar-refractivity contribution in [3.05, 3.63) is 0 Å². The highest BCUT2D eigenvalue weighted by Gasteiger charge is 2.56. The molecule has 2 N–H and O–H groups in total. The van der Waals surface area contributed by atoms with Crippen molar-refractivity contribution >= 4 is 23.9 Å². The molecule has 6 atom stereocenters. The van der Waals surface area contributed by atoms with E-state index < -0.39 is 60.5 Å². The Hall–Kier alpha value is -2.20. The molecule has 0 aromatic heterocycles. The van der Waals surface area contributed by atoms with Crippen LogP contribution >= 0.6 is 0 Å². The number of aliphatic hydroxyl groups excluding tert-OH is 2. The number of hydrogen-bond donors (Lipinski definition) is 2. The monoisotopic (exact) mass is 348 g/mol. The first-order valence-electron chi connectivity index (χ1n) is 7.09. The SMILES string of the molecule is CC(=O)O[C@H]1[C@H](OC(C)=O)[C@H](OC(C)=O)[C@@H](O)[C@@H](O)[C@H]1OC(C)=O. The number of carbonyl (C=O) groups excluding carboxylic acids is 4. The molecule has 1 aliphatic rings. The van der Waals surface area contributed by atoms with E-state index in [1.807, 2.05) is 0 Å². The van der Waals surface area contributed by atoms with Gasteiger partial charge in [0.05, 0.1) is 0 Å². The molecule has 1 fully saturated rings. The summed E-state index contributed by atoms with van der Waals surface area (Å²) in [5.41, 5.74) is 0. The Balaban J connectivity index is 3.28. The Morgan fingerprint density at radius 1 is 0.542 bits per heavy atom. The van der Waals surface area contributed by atoms with E-state index in [9.17, 15) is 29.4 Å². The Bertz CT molecular complexity index is 470. The van der Waals surface area contributed by atoms with Crippen LogP contribution < -0.4 is 0 Å². The minimum Gasteiger partial charge on any atom is -0.456 e. The van der Waals surface area contributed by atoms with Gasteiger partial charge in [0, 0.05) is 27.7 Å². The third-order valence-corrected chi connectivity index (χ3v) is 3.20. The van der Waals surface area contributed by atoms with Crippen molar-refractivity contribution in [1.29, 1.82) is 0 Å². The normalized spacial score (nSPS) is 32.4. The molecule has 0 amide bonds. The van der Waals surface area contributed by atoms with E-state index in [0.717, 1.165) is 27.7 Å². The van der Waals surface area contributed by atoms with Crippen LogP contribution in [0.15, 0.2) is 0 Å². The molecule has 0 aliphatic heterocycles. The largest absolute Gasteiger partial charge is 0.456 e. The standard InChI is InChI=1S/C14H20O10/c1-5(15)21-11-9(19)10(20)12(22-6(2)16)14(24-8(4)18)13(11)23-7(3)17/h9-14,19-20H,1-4H3/t9-,10+,11-,12-,13-,14-/m1/s1. The Morgan fingerprint density at radius 3 is 0.958 bits per heavy atom. The summed E-state index contributed by atoms with van der Waals surface area (Å²) in [5.74, 6) is -3.29. The summed E-state index contributed by atoms with van der Waals surface area (Å²) in [7, 11) is 0. The molecular weight excluding hydrogens is 328 g/mol. The molecule has 10 heteroatoms. The molecule has 0 radical (unpaired) electrons. The summed E-state index contributed by atoms with van der Waals surface area (Å²) in [6.45, 7) is 4.19. The van der Waals surface area contributed by atoms with Crippen molar-refractivity contribution < 1.29 is 48.3 Å². The first-order valence-corrected chi connectivity index (χ1v) is 7.09. The molecule has 1 rings (SSSR count). The van der Waals surface area contributed by atoms with Crippen molar-refractivity contribution in [3.8, 4) is 0 Å². The molecule has 0 aromatic rings. The van der Waals surface area contributed by atoms with Gasteiger partial charge in [0.2, 0.25) is 0 Å². The van der Waals surface area contributed by atoms with Crippen molar-refractivity contribution in [2.45, 2.75) is 64.3 Å². The maximum absolute atomic E-state index is 11.3. The van der Waals surface area contributed by atoms with Crippen molar-refractivity contribution in [2.75, 3.05) is 0 Å². The quantitative estimate of drug-likeness (QED) is 0.452. The van der Waals surface area contributed by atoms with E-state index in [1.165, 1.54) is 0 Å². The fourth-order valence-electron chi connectivity index (χ4n) is 2.46. The van der Waals surface area contributed by atoms with Gasteiger partial charge in [0.1, 0.15) is 12.2 Å². The van der Waals surface area contributed by atoms with Gasteiger partial charge in [-0.1, -0.05) is 0 Å². The zero-order valence-corrected chi connectivity index (χ0v) is 13.6. The van der Waals surface area contributed by atoms with Crippen LogP contribution in [0, 0.1) is 0 Å². The number of rotatable bonds is 4. The van der Waals surface area contributed by atoms with Crippen molar-refractivity contribution in [1.82, 2.24) is 0 Å². The smallest absolute Gasteiger partial charge is 0.303 e. The minimum atomic E-state index is -1.74. The average Bonchev–Trinajstić information content (AvgIpc) is 2.42. The second-order valence-electron chi connectivity index (χ2n) is 5.28. The predicted molar refractivity (Wildman–Crippen MR) is 74.2 cm³/mol. The fraction of sp³-hybridized carbons (Fsp3) is 0.714. The van der Waals surface area contributed by atoms with E-state index in [-0.39, 0.29) is 0 Å². The number of carbonyl (C=O) groups is 4. The van der Waals surface area contributed by atoms with Crippen molar-refractivity contribution in [3.63, 3.8) is 0 Å². The van der Waals surface area contributed by atoms with Crippen LogP contribution in [0.3, 0.4) is 0 Å². The lowest BCUT2D eigenvalue weighted by atomic mass is 9.84. The van der Waals surface area contributed by atoms with Gasteiger partial charge in [0.15, 0.2) is 24.4 Å². The number of hydrogen-bond acceptors (Lipinski definition) is 10. The average molecular weight is 348 g/mol. The maximum atomic E-state index is 11.3. The topological polar surface area (TPSA) is 146 Å². The number of aliphatic hydroxyl groups is 2. The Morgan fingerprint density at radius 2 is 0.750 bits per heavy atom. The highest BCUT2D eigenvalue weighted by atomic mass is 16.6. The van der Waals surface area contributed by atoms with Gasteiger partial charge in [-0.2, -0.15) is 0 Å². The van der Waals surface area contributed by atoms with E-state index in [4.69, 9.17) is 18.9 Å². The second-order valence-corrected chi connectivity index (χ2v) is 5.28. The van der Waals surface area contributed by atoms with E-state index >= 15 is 0 Å². The van der Waals surface area contributed by atoms with E-state index in [0.29, 0.717) is 0 Å². The minimum absolute atomic E-state index is 0.820. The number of esters is 4. The van der Waals surface area contributed by atoms with Gasteiger partial charge in [0.25, 0.3) is 0 Å². The highest BCUT2D eigenvalue weighted by molar-refractivity contribution is 5.69. The van der Waals surface area contributed by atoms with Gasteiger partial charge in [-0.25, -0.2) is 0 Å². The second kappa shape index (κ2) is 8.06. The van der Waals surface area contributed by atoms with E-state index in [1.54, 1.807) is 0 Å². The van der Waals surface area contributed by atoms with Crippen LogP contribution in [0.4, 0.5) is 0 Å². The fourth-order valence-corrected chi connectivity index (χ4v) is 2.46. The molecule has 136 valence electrons. The van der Waals surface area contributed by atoms with Gasteiger partial charge < -0.3 is 29.2 Å². The molecule has 0 saturated heterocycles. The molecule has 0 bridgehead atoms. The maximum Gasteiger partial charge on any atom is 0.303 e. The third-order valence-electron chi connectivity index (χ3n) is 3.20. The van der Waals surface area contributed by atoms with Crippen molar-refractivity contribution in [2.24, 2.45) is 0 Å². The molecule has 10 nitrogen and oxygen atoms in total. The lowest BCUT2D eigenvalue weighted by Gasteiger charge is -2.44. The summed E-state index contributed by atoms with van der Waals surface area (Å²) < 4.78 is 19.8. The molecule has 0 aromatic carbocycles. The summed E-state index contributed by atoms with van der Waals surface area (Å²) in [6.07, 6.45) is -9.46. The molecular formula is C14H20O10. The van der Waals surface area contributed by atoms with Crippen LogP contribution in [-0.2, 0) is 38.1 Å². The van der Waals surface area contributed by atoms with Gasteiger partial charge >= 0.3 is 23.9 Å². The molecule has 0 heterocycles. The van der Waals surface area contributed by atoms with Crippen LogP contribution in [0.5, 0.6) is 0 Å². The van der Waals surface area contributed by atoms with Gasteiger partial charge in [-0.15, -0.1) is 0 Å². The zero-order valence-electron chi connectivity index (χ0n) is 13.6. The van der Waals surface area contributed by atoms with Crippen LogP contribution in [0.2, 0.25) is 0 Å². The lowest BCUT2D eigenvalue weighted by molar-refractivity contribution is -0.251. The Kier molecular flexibility index (Phi) is 6.67. The molecule has 1 aliphatic carbocycles. The first kappa shape index (κ1) is 19.8. The Labute approximate surface area is 137 Å². The molecule has 0 unspecified atom stereocenters. The molecule has 0 spiro atoms. The zero-order chi connectivity index (χ0) is 18.6. The van der Waals surface area contributed by atoms with Gasteiger partial charge in [-0.3, -0.25) is 19.2 Å². The van der Waals surface area contributed by atoms with Gasteiger partial charge in [-0.05, 0) is 0 Å². The number of ether oxygens (including phenoxy) is 4. The third kappa shape index (κ3) is 4.90. The summed E-state index contributed by atoms with van der Waals surface area (Å²) in [5, 5.41) is 20.3. The highest BCUT2D eigenvalue weighted by Crippen LogP contribution is 2.30. The van der Waals surface area contributed by atoms with Crippen LogP contribution in [0.1, 0.15) is 27.7 Å². The summed E-state index contributed by atoms with van der Waals surface area (Å²) in [6, 6.07) is 0. The summed E-state index contributed by atoms with van der Waals surface area (Å²) >= 11 is 0. The first-order chi connectivity index (χ1) is 11.0.